The van der Waals surface area contributed by atoms with Gasteiger partial charge in [-0.1, -0.05) is 6.92 Å². The lowest BCUT2D eigenvalue weighted by Gasteiger charge is -2.29. The lowest BCUT2D eigenvalue weighted by atomic mass is 9.89. The highest BCUT2D eigenvalue weighted by Crippen LogP contribution is 2.44. The van der Waals surface area contributed by atoms with Gasteiger partial charge in [0.05, 0.1) is 12.0 Å². The summed E-state index contributed by atoms with van der Waals surface area (Å²) >= 11 is 0. The molecule has 1 N–H and O–H groups in total. The first kappa shape index (κ1) is 15.2. The number of fused-ring (bicyclic) bond motifs is 2. The summed E-state index contributed by atoms with van der Waals surface area (Å²) in [4.78, 5) is 11.2. The average molecular weight is 301 g/mol. The average Bonchev–Trinajstić information content (AvgIpc) is 2.97. The van der Waals surface area contributed by atoms with Crippen molar-refractivity contribution in [3.8, 4) is 6.07 Å². The maximum Gasteiger partial charge on any atom is 0.308 e. The maximum absolute atomic E-state index is 12.6. The van der Waals surface area contributed by atoms with E-state index in [1.807, 2.05) is 6.07 Å². The van der Waals surface area contributed by atoms with Gasteiger partial charge in [0.15, 0.2) is 0 Å². The first-order valence-corrected chi connectivity index (χ1v) is 8.21. The molecule has 3 atom stereocenters. The Balaban J connectivity index is 2.22. The van der Waals surface area contributed by atoms with Crippen molar-refractivity contribution in [1.29, 1.82) is 5.26 Å². The van der Waals surface area contributed by atoms with Crippen LogP contribution in [-0.2, 0) is 15.0 Å². The summed E-state index contributed by atoms with van der Waals surface area (Å²) in [6.45, 7) is 2.17. The largest absolute Gasteiger partial charge is 0.481 e. The van der Waals surface area contributed by atoms with Crippen LogP contribution < -0.4 is 0 Å². The predicted molar refractivity (Wildman–Crippen MR) is 70.8 cm³/mol. The smallest absolute Gasteiger partial charge is 0.308 e. The Kier molecular flexibility index (Phi) is 4.32. The summed E-state index contributed by atoms with van der Waals surface area (Å²) in [5.41, 5.74) is 0. The fourth-order valence-electron chi connectivity index (χ4n) is 3.31. The van der Waals surface area contributed by atoms with Crippen LogP contribution in [0, 0.1) is 17.2 Å². The van der Waals surface area contributed by atoms with Crippen LogP contribution in [0.3, 0.4) is 0 Å². The van der Waals surface area contributed by atoms with Gasteiger partial charge in [-0.2, -0.15) is 22.3 Å². The molecule has 20 heavy (non-hydrogen) atoms. The van der Waals surface area contributed by atoms with E-state index in [1.165, 1.54) is 8.61 Å². The molecule has 7 nitrogen and oxygen atoms in total. The van der Waals surface area contributed by atoms with Gasteiger partial charge in [-0.25, -0.2) is 0 Å². The number of carboxylic acid groups (broad SMARTS) is 1. The minimum atomic E-state index is -3.67. The van der Waals surface area contributed by atoms with Crippen molar-refractivity contribution in [3.05, 3.63) is 0 Å². The molecule has 0 spiro atoms. The standard InChI is InChI=1S/C12H19N3O4S/c1-2-14(7-3-6-13)20(18,19)15-9-4-5-11(15)10(8-9)12(16)17/h9-11H,2-5,7-8H2,1H3,(H,16,17). The fraction of sp³-hybridized carbons (Fsp3) is 0.833. The molecule has 2 saturated heterocycles. The van der Waals surface area contributed by atoms with Gasteiger partial charge < -0.3 is 5.11 Å². The lowest BCUT2D eigenvalue weighted by Crippen LogP contribution is -2.47. The van der Waals surface area contributed by atoms with Gasteiger partial charge in [-0.05, 0) is 19.3 Å². The number of rotatable bonds is 6. The molecule has 0 saturated carbocycles. The molecule has 3 unspecified atom stereocenters. The second kappa shape index (κ2) is 5.68. The third kappa shape index (κ3) is 2.41. The zero-order valence-corrected chi connectivity index (χ0v) is 12.2. The Bertz CT molecular complexity index is 527. The van der Waals surface area contributed by atoms with Crippen LogP contribution in [0.1, 0.15) is 32.6 Å². The van der Waals surface area contributed by atoms with Gasteiger partial charge in [-0.3, -0.25) is 4.79 Å². The van der Waals surface area contributed by atoms with Gasteiger partial charge in [-0.15, -0.1) is 0 Å². The number of nitrogens with zero attached hydrogens (tertiary/aromatic N) is 3. The van der Waals surface area contributed by atoms with Crippen LogP contribution in [0.15, 0.2) is 0 Å². The van der Waals surface area contributed by atoms with E-state index in [-0.39, 0.29) is 25.6 Å². The van der Waals surface area contributed by atoms with Crippen molar-refractivity contribution in [3.63, 3.8) is 0 Å². The Morgan fingerprint density at radius 3 is 2.70 bits per heavy atom. The fourth-order valence-corrected chi connectivity index (χ4v) is 5.39. The summed E-state index contributed by atoms with van der Waals surface area (Å²) in [6.07, 6.45) is 1.87. The molecular formula is C12H19N3O4S. The van der Waals surface area contributed by atoms with Crippen LogP contribution in [0.25, 0.3) is 0 Å². The first-order valence-electron chi connectivity index (χ1n) is 6.81. The molecule has 0 aliphatic carbocycles. The zero-order chi connectivity index (χ0) is 14.9. The quantitative estimate of drug-likeness (QED) is 0.765. The molecule has 0 radical (unpaired) electrons. The summed E-state index contributed by atoms with van der Waals surface area (Å²) in [5, 5.41) is 17.8. The van der Waals surface area contributed by atoms with Crippen molar-refractivity contribution in [2.75, 3.05) is 13.1 Å². The minimum Gasteiger partial charge on any atom is -0.481 e. The highest BCUT2D eigenvalue weighted by atomic mass is 32.2. The predicted octanol–water partition coefficient (Wildman–Crippen LogP) is 0.404. The summed E-state index contributed by atoms with van der Waals surface area (Å²) in [6, 6.07) is 1.30. The van der Waals surface area contributed by atoms with Gasteiger partial charge in [0.2, 0.25) is 0 Å². The second-order valence-electron chi connectivity index (χ2n) is 5.22. The maximum atomic E-state index is 12.6. The lowest BCUT2D eigenvalue weighted by molar-refractivity contribution is -0.142. The van der Waals surface area contributed by atoms with Crippen LogP contribution in [0.2, 0.25) is 0 Å². The minimum absolute atomic E-state index is 0.138. The SMILES string of the molecule is CCN(CCC#N)S(=O)(=O)N1C2CCC1C(C(=O)O)C2. The topological polar surface area (TPSA) is 102 Å². The Morgan fingerprint density at radius 2 is 2.20 bits per heavy atom. The van der Waals surface area contributed by atoms with Gasteiger partial charge in [0.25, 0.3) is 10.2 Å². The van der Waals surface area contributed by atoms with E-state index in [9.17, 15) is 18.3 Å². The van der Waals surface area contributed by atoms with E-state index in [0.29, 0.717) is 12.8 Å². The summed E-state index contributed by atoms with van der Waals surface area (Å²) in [5.74, 6) is -1.52. The summed E-state index contributed by atoms with van der Waals surface area (Å²) in [7, 11) is -3.67. The van der Waals surface area contributed by atoms with Gasteiger partial charge >= 0.3 is 5.97 Å². The Morgan fingerprint density at radius 1 is 1.50 bits per heavy atom. The van der Waals surface area contributed by atoms with Crippen molar-refractivity contribution >= 4 is 16.2 Å². The normalized spacial score (nSPS) is 29.8. The second-order valence-corrected chi connectivity index (χ2v) is 7.05. The molecule has 2 heterocycles. The molecule has 2 aliphatic heterocycles. The van der Waals surface area contributed by atoms with E-state index < -0.39 is 28.1 Å². The van der Waals surface area contributed by atoms with Crippen LogP contribution in [0.4, 0.5) is 0 Å². The number of aliphatic carboxylic acids is 1. The van der Waals surface area contributed by atoms with Crippen LogP contribution in [-0.4, -0.2) is 53.3 Å². The number of carboxylic acids is 1. The molecule has 0 aromatic carbocycles. The van der Waals surface area contributed by atoms with Crippen LogP contribution >= 0.6 is 0 Å². The molecule has 0 aromatic rings. The van der Waals surface area contributed by atoms with E-state index in [0.717, 1.165) is 6.42 Å². The zero-order valence-electron chi connectivity index (χ0n) is 11.4. The van der Waals surface area contributed by atoms with E-state index in [1.54, 1.807) is 6.92 Å². The highest BCUT2D eigenvalue weighted by Gasteiger charge is 2.55. The van der Waals surface area contributed by atoms with E-state index in [2.05, 4.69) is 0 Å². The third-order valence-electron chi connectivity index (χ3n) is 4.21. The first-order chi connectivity index (χ1) is 9.43. The number of hydrogen-bond donors (Lipinski definition) is 1. The molecule has 8 heteroatoms. The Labute approximate surface area is 119 Å². The molecular weight excluding hydrogens is 282 g/mol. The van der Waals surface area contributed by atoms with E-state index in [4.69, 9.17) is 5.26 Å². The molecule has 0 aromatic heterocycles. The van der Waals surface area contributed by atoms with Crippen molar-refractivity contribution in [2.24, 2.45) is 5.92 Å². The molecule has 2 aliphatic rings. The molecule has 2 rings (SSSR count). The third-order valence-corrected chi connectivity index (χ3v) is 6.40. The van der Waals surface area contributed by atoms with Crippen molar-refractivity contribution < 1.29 is 18.3 Å². The molecule has 0 amide bonds. The van der Waals surface area contributed by atoms with Crippen molar-refractivity contribution in [1.82, 2.24) is 8.61 Å². The summed E-state index contributed by atoms with van der Waals surface area (Å²) < 4.78 is 27.9. The molecule has 2 fully saturated rings. The van der Waals surface area contributed by atoms with Crippen LogP contribution in [0.5, 0.6) is 0 Å². The number of nitriles is 1. The Hall–Kier alpha value is -1.17. The highest BCUT2D eigenvalue weighted by molar-refractivity contribution is 7.86. The molecule has 2 bridgehead atoms. The van der Waals surface area contributed by atoms with E-state index >= 15 is 0 Å². The monoisotopic (exact) mass is 301 g/mol. The molecule has 112 valence electrons. The van der Waals surface area contributed by atoms with Crippen molar-refractivity contribution in [2.45, 2.75) is 44.7 Å². The number of carbonyl (C=O) groups is 1. The number of hydrogen-bond acceptors (Lipinski definition) is 4. The van der Waals surface area contributed by atoms with Gasteiger partial charge in [0.1, 0.15) is 0 Å². The van der Waals surface area contributed by atoms with Gasteiger partial charge in [0, 0.05) is 31.6 Å².